The lowest BCUT2D eigenvalue weighted by Gasteiger charge is -2.21. The van der Waals surface area contributed by atoms with E-state index in [1.54, 1.807) is 0 Å². The minimum atomic E-state index is 0.463. The maximum atomic E-state index is 4.86. The van der Waals surface area contributed by atoms with Crippen molar-refractivity contribution in [2.24, 2.45) is 0 Å². The highest BCUT2D eigenvalue weighted by atomic mass is 15.1. The predicted octanol–water partition coefficient (Wildman–Crippen LogP) is 4.23. The topological polar surface area (TPSA) is 44.3 Å². The van der Waals surface area contributed by atoms with Gasteiger partial charge in [-0.3, -0.25) is 4.90 Å². The second-order valence-electron chi connectivity index (χ2n) is 8.10. The Balaban J connectivity index is 1.69. The van der Waals surface area contributed by atoms with Crippen LogP contribution in [-0.2, 0) is 6.54 Å². The molecule has 1 atom stereocenters. The van der Waals surface area contributed by atoms with Crippen molar-refractivity contribution < 1.29 is 0 Å². The van der Waals surface area contributed by atoms with Crippen LogP contribution >= 0.6 is 0 Å². The van der Waals surface area contributed by atoms with Crippen LogP contribution in [0, 0.1) is 0 Å². The van der Waals surface area contributed by atoms with Crippen LogP contribution in [0.1, 0.15) is 30.7 Å². The van der Waals surface area contributed by atoms with Gasteiger partial charge in [-0.1, -0.05) is 49.4 Å². The number of para-hydroxylation sites is 1. The number of rotatable bonds is 10. The molecule has 2 aromatic carbocycles. The van der Waals surface area contributed by atoms with Crippen LogP contribution in [0.4, 0.5) is 5.82 Å². The van der Waals surface area contributed by atoms with Crippen LogP contribution in [0.15, 0.2) is 54.6 Å². The lowest BCUT2D eigenvalue weighted by atomic mass is 10.0. The fraction of sp³-hybridized carbons (Fsp3) is 0.417. The second-order valence-corrected chi connectivity index (χ2v) is 8.10. The summed E-state index contributed by atoms with van der Waals surface area (Å²) >= 11 is 0. The van der Waals surface area contributed by atoms with Crippen molar-refractivity contribution in [3.05, 3.63) is 66.0 Å². The Morgan fingerprint density at radius 1 is 0.931 bits per heavy atom. The Morgan fingerprint density at radius 3 is 2.41 bits per heavy atom. The maximum Gasteiger partial charge on any atom is 0.145 e. The van der Waals surface area contributed by atoms with Crippen molar-refractivity contribution in [3.8, 4) is 0 Å². The van der Waals surface area contributed by atoms with Crippen molar-refractivity contribution in [3.63, 3.8) is 0 Å². The highest BCUT2D eigenvalue weighted by molar-refractivity contribution is 5.88. The molecule has 1 N–H and O–H groups in total. The van der Waals surface area contributed by atoms with Crippen LogP contribution in [0.25, 0.3) is 10.9 Å². The summed E-state index contributed by atoms with van der Waals surface area (Å²) in [5.41, 5.74) is 2.36. The van der Waals surface area contributed by atoms with E-state index in [0.717, 1.165) is 55.1 Å². The first kappa shape index (κ1) is 21.2. The normalized spacial score (nSPS) is 12.6. The minimum Gasteiger partial charge on any atom is -0.369 e. The highest BCUT2D eigenvalue weighted by Crippen LogP contribution is 2.21. The Morgan fingerprint density at radius 2 is 1.66 bits per heavy atom. The first-order valence-electron chi connectivity index (χ1n) is 10.4. The van der Waals surface area contributed by atoms with Gasteiger partial charge in [-0.25, -0.2) is 9.97 Å². The van der Waals surface area contributed by atoms with Gasteiger partial charge < -0.3 is 10.2 Å². The second kappa shape index (κ2) is 10.3. The Hall–Kier alpha value is -2.50. The summed E-state index contributed by atoms with van der Waals surface area (Å²) in [6.07, 6.45) is 1.08. The number of anilines is 1. The molecule has 1 unspecified atom stereocenters. The molecule has 0 aliphatic heterocycles. The van der Waals surface area contributed by atoms with Gasteiger partial charge in [-0.2, -0.15) is 0 Å². The van der Waals surface area contributed by atoms with Crippen LogP contribution in [-0.4, -0.2) is 60.5 Å². The molecule has 0 radical (unpaired) electrons. The summed E-state index contributed by atoms with van der Waals surface area (Å²) in [6, 6.07) is 18.9. The molecule has 5 nitrogen and oxygen atoms in total. The van der Waals surface area contributed by atoms with Gasteiger partial charge in [0.2, 0.25) is 0 Å². The molecule has 0 bridgehead atoms. The van der Waals surface area contributed by atoms with Crippen molar-refractivity contribution in [2.45, 2.75) is 25.8 Å². The third-order valence-electron chi connectivity index (χ3n) is 5.09. The minimum absolute atomic E-state index is 0.463. The number of nitrogens with zero attached hydrogens (tertiary/aromatic N) is 4. The molecule has 0 amide bonds. The number of aromatic nitrogens is 2. The van der Waals surface area contributed by atoms with Gasteiger partial charge in [-0.15, -0.1) is 0 Å². The molecule has 3 aromatic rings. The number of benzene rings is 2. The zero-order valence-electron chi connectivity index (χ0n) is 18.1. The van der Waals surface area contributed by atoms with Crippen molar-refractivity contribution in [1.29, 1.82) is 0 Å². The third kappa shape index (κ3) is 6.24. The summed E-state index contributed by atoms with van der Waals surface area (Å²) in [6.45, 7) is 5.92. The van der Waals surface area contributed by atoms with Crippen LogP contribution in [0.5, 0.6) is 0 Å². The first-order chi connectivity index (χ1) is 14.0. The van der Waals surface area contributed by atoms with E-state index in [2.05, 4.69) is 85.6 Å². The number of likely N-dealkylation sites (N-methyl/N-ethyl adjacent to an activating group) is 1. The van der Waals surface area contributed by atoms with Crippen molar-refractivity contribution >= 4 is 16.7 Å². The SMILES string of the molecule is CC(CN(C)Cc1nc(NCCCN(C)C)c2ccccc2n1)c1ccccc1. The van der Waals surface area contributed by atoms with E-state index in [1.165, 1.54) is 5.56 Å². The van der Waals surface area contributed by atoms with Crippen LogP contribution < -0.4 is 5.32 Å². The quantitative estimate of drug-likeness (QED) is 0.524. The van der Waals surface area contributed by atoms with E-state index in [0.29, 0.717) is 5.92 Å². The lowest BCUT2D eigenvalue weighted by Crippen LogP contribution is -2.24. The summed E-state index contributed by atoms with van der Waals surface area (Å²) < 4.78 is 0. The predicted molar refractivity (Wildman–Crippen MR) is 122 cm³/mol. The molecular formula is C24H33N5. The van der Waals surface area contributed by atoms with E-state index in [4.69, 9.17) is 9.97 Å². The van der Waals surface area contributed by atoms with Crippen LogP contribution in [0.3, 0.4) is 0 Å². The van der Waals surface area contributed by atoms with Crippen molar-refractivity contribution in [2.75, 3.05) is 46.1 Å². The summed E-state index contributed by atoms with van der Waals surface area (Å²) in [7, 11) is 6.34. The molecule has 29 heavy (non-hydrogen) atoms. The highest BCUT2D eigenvalue weighted by Gasteiger charge is 2.12. The van der Waals surface area contributed by atoms with E-state index < -0.39 is 0 Å². The smallest absolute Gasteiger partial charge is 0.145 e. The van der Waals surface area contributed by atoms with Gasteiger partial charge in [0.15, 0.2) is 0 Å². The molecule has 5 heteroatoms. The molecule has 0 fully saturated rings. The average molecular weight is 392 g/mol. The maximum absolute atomic E-state index is 4.86. The van der Waals surface area contributed by atoms with Crippen LogP contribution in [0.2, 0.25) is 0 Å². The Kier molecular flexibility index (Phi) is 7.55. The third-order valence-corrected chi connectivity index (χ3v) is 5.09. The van der Waals surface area contributed by atoms with Gasteiger partial charge in [0.25, 0.3) is 0 Å². The first-order valence-corrected chi connectivity index (χ1v) is 10.4. The molecule has 1 aromatic heterocycles. The van der Waals surface area contributed by atoms with E-state index >= 15 is 0 Å². The molecule has 3 rings (SSSR count). The molecule has 1 heterocycles. The number of nitrogens with one attached hydrogen (secondary N) is 1. The molecule has 0 saturated carbocycles. The number of hydrogen-bond acceptors (Lipinski definition) is 5. The number of hydrogen-bond donors (Lipinski definition) is 1. The molecular weight excluding hydrogens is 358 g/mol. The van der Waals surface area contributed by atoms with E-state index in [9.17, 15) is 0 Å². The molecule has 0 aliphatic carbocycles. The van der Waals surface area contributed by atoms with Gasteiger partial charge in [0.05, 0.1) is 12.1 Å². The fourth-order valence-corrected chi connectivity index (χ4v) is 3.59. The monoisotopic (exact) mass is 391 g/mol. The molecule has 0 aliphatic rings. The standard InChI is InChI=1S/C24H33N5/c1-19(20-11-6-5-7-12-20)17-29(4)18-23-26-22-14-9-8-13-21(22)24(27-23)25-15-10-16-28(2)3/h5-9,11-14,19H,10,15-18H2,1-4H3,(H,25,26,27). The average Bonchev–Trinajstić information content (AvgIpc) is 2.71. The molecule has 0 saturated heterocycles. The Bertz CT molecular complexity index is 894. The zero-order valence-corrected chi connectivity index (χ0v) is 18.1. The lowest BCUT2D eigenvalue weighted by molar-refractivity contribution is 0.302. The summed E-state index contributed by atoms with van der Waals surface area (Å²) in [5, 5.41) is 4.61. The van der Waals surface area contributed by atoms with Gasteiger partial charge in [0, 0.05) is 18.5 Å². The Labute approximate surface area is 174 Å². The van der Waals surface area contributed by atoms with E-state index in [1.807, 2.05) is 12.1 Å². The van der Waals surface area contributed by atoms with Gasteiger partial charge in [-0.05, 0) is 57.7 Å². The van der Waals surface area contributed by atoms with Gasteiger partial charge in [0.1, 0.15) is 11.6 Å². The number of fused-ring (bicyclic) bond motifs is 1. The van der Waals surface area contributed by atoms with E-state index in [-0.39, 0.29) is 0 Å². The largest absolute Gasteiger partial charge is 0.369 e. The fourth-order valence-electron chi connectivity index (χ4n) is 3.59. The van der Waals surface area contributed by atoms with Crippen molar-refractivity contribution in [1.82, 2.24) is 19.8 Å². The molecule has 0 spiro atoms. The summed E-state index contributed by atoms with van der Waals surface area (Å²) in [5.74, 6) is 2.26. The summed E-state index contributed by atoms with van der Waals surface area (Å²) in [4.78, 5) is 14.2. The zero-order chi connectivity index (χ0) is 20.6. The van der Waals surface area contributed by atoms with Gasteiger partial charge >= 0.3 is 0 Å². The molecule has 154 valence electrons.